The molecule has 2 aromatic rings. The maximum absolute atomic E-state index is 12.9. The van der Waals surface area contributed by atoms with Crippen molar-refractivity contribution >= 4 is 34.7 Å². The Hall–Kier alpha value is -2.85. The summed E-state index contributed by atoms with van der Waals surface area (Å²) in [5.41, 5.74) is 0.649. The smallest absolute Gasteiger partial charge is 0.286 e. The molecule has 9 nitrogen and oxygen atoms in total. The highest BCUT2D eigenvalue weighted by molar-refractivity contribution is 7.15. The Labute approximate surface area is 197 Å². The molecule has 1 aromatic heterocycles. The minimum atomic E-state index is -0.401. The summed E-state index contributed by atoms with van der Waals surface area (Å²) in [6.07, 6.45) is 5.28. The zero-order valence-corrected chi connectivity index (χ0v) is 19.5. The summed E-state index contributed by atoms with van der Waals surface area (Å²) in [5, 5.41) is 13.9. The number of carbonyl (C=O) groups excluding carboxylic acids is 3. The van der Waals surface area contributed by atoms with E-state index < -0.39 is 5.91 Å². The summed E-state index contributed by atoms with van der Waals surface area (Å²) in [4.78, 5) is 42.1. The number of amides is 3. The van der Waals surface area contributed by atoms with E-state index in [-0.39, 0.29) is 27.7 Å². The summed E-state index contributed by atoms with van der Waals surface area (Å²) in [7, 11) is 0. The van der Waals surface area contributed by atoms with Gasteiger partial charge in [0, 0.05) is 31.9 Å². The Morgan fingerprint density at radius 3 is 2.52 bits per heavy atom. The number of rotatable bonds is 7. The number of piperidine rings is 2. The average molecular weight is 471 g/mol. The van der Waals surface area contributed by atoms with Crippen molar-refractivity contribution < 1.29 is 14.4 Å². The van der Waals surface area contributed by atoms with E-state index in [1.54, 1.807) is 17.0 Å². The minimum Gasteiger partial charge on any atom is -0.355 e. The fraction of sp³-hybridized carbons (Fsp3) is 0.522. The molecule has 0 saturated carbocycles. The van der Waals surface area contributed by atoms with Crippen molar-refractivity contribution in [2.75, 3.05) is 44.6 Å². The first-order chi connectivity index (χ1) is 16.1. The highest BCUT2D eigenvalue weighted by atomic mass is 32.1. The molecule has 3 amide bonds. The molecule has 1 aromatic carbocycles. The van der Waals surface area contributed by atoms with Crippen LogP contribution in [-0.4, -0.2) is 77.0 Å². The van der Waals surface area contributed by atoms with Gasteiger partial charge in [-0.05, 0) is 50.9 Å². The third-order valence-electron chi connectivity index (χ3n) is 6.09. The number of aromatic nitrogens is 2. The average Bonchev–Trinajstić information content (AvgIpc) is 3.35. The molecule has 2 N–H and O–H groups in total. The zero-order valence-electron chi connectivity index (χ0n) is 18.7. The fourth-order valence-electron chi connectivity index (χ4n) is 4.28. The number of carbonyl (C=O) groups is 3. The topological polar surface area (TPSA) is 108 Å². The van der Waals surface area contributed by atoms with Crippen molar-refractivity contribution in [2.45, 2.75) is 32.1 Å². The van der Waals surface area contributed by atoms with Gasteiger partial charge in [-0.3, -0.25) is 14.4 Å². The van der Waals surface area contributed by atoms with Gasteiger partial charge in [0.15, 0.2) is 0 Å². The van der Waals surface area contributed by atoms with Gasteiger partial charge in [-0.15, -0.1) is 10.2 Å². The van der Waals surface area contributed by atoms with E-state index in [0.29, 0.717) is 25.3 Å². The number of anilines is 1. The Balaban J connectivity index is 1.27. The lowest BCUT2D eigenvalue weighted by molar-refractivity contribution is -0.126. The van der Waals surface area contributed by atoms with E-state index >= 15 is 0 Å². The maximum atomic E-state index is 12.9. The zero-order chi connectivity index (χ0) is 23.0. The lowest BCUT2D eigenvalue weighted by Gasteiger charge is -2.32. The van der Waals surface area contributed by atoms with Crippen LogP contribution >= 0.6 is 11.3 Å². The summed E-state index contributed by atoms with van der Waals surface area (Å²) in [6, 6.07) is 9.05. The third-order valence-corrected chi connectivity index (χ3v) is 7.00. The standard InChI is InChI=1S/C23H30N6O3S/c30-19(24-11-15-28-12-5-2-6-13-28)17-8-7-14-29(16-17)23(32)22-27-26-21(33-22)20(31)25-18-9-3-1-4-10-18/h1,3-4,9-10,17H,2,5-8,11-16H2,(H,24,30)(H,25,31)/t17-/m0/s1. The summed E-state index contributed by atoms with van der Waals surface area (Å²) < 4.78 is 0. The monoisotopic (exact) mass is 470 g/mol. The largest absolute Gasteiger partial charge is 0.355 e. The van der Waals surface area contributed by atoms with Gasteiger partial charge >= 0.3 is 0 Å². The normalized spacial score (nSPS) is 19.2. The molecule has 3 heterocycles. The number of nitrogens with zero attached hydrogens (tertiary/aromatic N) is 4. The number of benzene rings is 1. The second-order valence-electron chi connectivity index (χ2n) is 8.52. The Kier molecular flexibility index (Phi) is 8.01. The van der Waals surface area contributed by atoms with Gasteiger partial charge in [0.25, 0.3) is 11.8 Å². The molecule has 0 unspecified atom stereocenters. The number of hydrogen-bond donors (Lipinski definition) is 2. The molecule has 4 rings (SSSR count). The Morgan fingerprint density at radius 2 is 1.73 bits per heavy atom. The van der Waals surface area contributed by atoms with Crippen LogP contribution < -0.4 is 10.6 Å². The van der Waals surface area contributed by atoms with Crippen LogP contribution in [0.2, 0.25) is 0 Å². The van der Waals surface area contributed by atoms with Crippen molar-refractivity contribution in [1.82, 2.24) is 25.3 Å². The predicted molar refractivity (Wildman–Crippen MR) is 126 cm³/mol. The van der Waals surface area contributed by atoms with Crippen LogP contribution in [0.4, 0.5) is 5.69 Å². The molecular formula is C23H30N6O3S. The van der Waals surface area contributed by atoms with Crippen LogP contribution in [0, 0.1) is 5.92 Å². The molecule has 10 heteroatoms. The van der Waals surface area contributed by atoms with Crippen molar-refractivity contribution in [1.29, 1.82) is 0 Å². The molecule has 0 radical (unpaired) electrons. The molecule has 0 aliphatic carbocycles. The van der Waals surface area contributed by atoms with Gasteiger partial charge in [-0.2, -0.15) is 0 Å². The van der Waals surface area contributed by atoms with E-state index in [1.165, 1.54) is 19.3 Å². The molecule has 2 aliphatic rings. The molecule has 176 valence electrons. The quantitative estimate of drug-likeness (QED) is 0.643. The third kappa shape index (κ3) is 6.35. The van der Waals surface area contributed by atoms with E-state index in [1.807, 2.05) is 18.2 Å². The van der Waals surface area contributed by atoms with Crippen LogP contribution in [0.15, 0.2) is 30.3 Å². The fourth-order valence-corrected chi connectivity index (χ4v) is 4.99. The Morgan fingerprint density at radius 1 is 0.970 bits per heavy atom. The molecule has 2 fully saturated rings. The SMILES string of the molecule is O=C(Nc1ccccc1)c1nnc(C(=O)N2CCC[C@H](C(=O)NCCN3CCCCC3)C2)s1. The van der Waals surface area contributed by atoms with E-state index in [2.05, 4.69) is 25.7 Å². The van der Waals surface area contributed by atoms with Gasteiger partial charge in [-0.1, -0.05) is 36.0 Å². The van der Waals surface area contributed by atoms with Crippen LogP contribution in [0.5, 0.6) is 0 Å². The molecule has 1 atom stereocenters. The van der Waals surface area contributed by atoms with Gasteiger partial charge in [-0.25, -0.2) is 0 Å². The summed E-state index contributed by atoms with van der Waals surface area (Å²) >= 11 is 0.970. The molecule has 33 heavy (non-hydrogen) atoms. The predicted octanol–water partition coefficient (Wildman–Crippen LogP) is 2.24. The van der Waals surface area contributed by atoms with E-state index in [9.17, 15) is 14.4 Å². The van der Waals surface area contributed by atoms with Crippen LogP contribution in [0.25, 0.3) is 0 Å². The van der Waals surface area contributed by atoms with Crippen LogP contribution in [-0.2, 0) is 4.79 Å². The molecular weight excluding hydrogens is 440 g/mol. The number of para-hydroxylation sites is 1. The second-order valence-corrected chi connectivity index (χ2v) is 9.49. The van der Waals surface area contributed by atoms with E-state index in [4.69, 9.17) is 0 Å². The maximum Gasteiger partial charge on any atom is 0.286 e. The second kappa shape index (κ2) is 11.3. The van der Waals surface area contributed by atoms with Gasteiger partial charge in [0.2, 0.25) is 15.9 Å². The van der Waals surface area contributed by atoms with Gasteiger partial charge in [0.05, 0.1) is 5.92 Å². The molecule has 0 bridgehead atoms. The minimum absolute atomic E-state index is 0.00435. The summed E-state index contributed by atoms with van der Waals surface area (Å²) in [6.45, 7) is 4.66. The number of likely N-dealkylation sites (tertiary alicyclic amines) is 2. The summed E-state index contributed by atoms with van der Waals surface area (Å²) in [5.74, 6) is -0.901. The van der Waals surface area contributed by atoms with Crippen molar-refractivity contribution in [3.8, 4) is 0 Å². The van der Waals surface area contributed by atoms with Crippen molar-refractivity contribution in [3.63, 3.8) is 0 Å². The molecule has 0 spiro atoms. The van der Waals surface area contributed by atoms with Crippen LogP contribution in [0.3, 0.4) is 0 Å². The van der Waals surface area contributed by atoms with E-state index in [0.717, 1.165) is 43.8 Å². The molecule has 2 aliphatic heterocycles. The highest BCUT2D eigenvalue weighted by Crippen LogP contribution is 2.21. The first-order valence-corrected chi connectivity index (χ1v) is 12.4. The van der Waals surface area contributed by atoms with Gasteiger partial charge in [0.1, 0.15) is 0 Å². The lowest BCUT2D eigenvalue weighted by atomic mass is 9.97. The lowest BCUT2D eigenvalue weighted by Crippen LogP contribution is -2.46. The molecule has 2 saturated heterocycles. The highest BCUT2D eigenvalue weighted by Gasteiger charge is 2.31. The van der Waals surface area contributed by atoms with Gasteiger partial charge < -0.3 is 20.4 Å². The number of hydrogen-bond acceptors (Lipinski definition) is 7. The first kappa shape index (κ1) is 23.3. The first-order valence-electron chi connectivity index (χ1n) is 11.6. The van der Waals surface area contributed by atoms with Crippen molar-refractivity contribution in [2.24, 2.45) is 5.92 Å². The number of nitrogens with one attached hydrogen (secondary N) is 2. The Bertz CT molecular complexity index is 960. The van der Waals surface area contributed by atoms with Crippen LogP contribution in [0.1, 0.15) is 51.7 Å². The van der Waals surface area contributed by atoms with Crippen molar-refractivity contribution in [3.05, 3.63) is 40.3 Å².